The van der Waals surface area contributed by atoms with Gasteiger partial charge in [0.25, 0.3) is 0 Å². The molecular weight excluding hydrogens is 310 g/mol. The molecule has 0 aromatic carbocycles. The maximum atomic E-state index is 11.8. The Labute approximate surface area is 129 Å². The zero-order valence-corrected chi connectivity index (χ0v) is 12.8. The van der Waals surface area contributed by atoms with Gasteiger partial charge in [0.05, 0.1) is 5.01 Å². The minimum absolute atomic E-state index is 0.0444. The number of fused-ring (bicyclic) bond motifs is 1. The van der Waals surface area contributed by atoms with E-state index >= 15 is 0 Å². The molecule has 3 N–H and O–H groups in total. The molecule has 3 rings (SSSR count). The molecule has 0 radical (unpaired) electrons. The Balaban J connectivity index is 1.93. The predicted molar refractivity (Wildman–Crippen MR) is 81.6 cm³/mol. The summed E-state index contributed by atoms with van der Waals surface area (Å²) < 4.78 is 0. The summed E-state index contributed by atoms with van der Waals surface area (Å²) in [7, 11) is 0. The number of carbonyl (C=O) groups excluding carboxylic acids is 1. The summed E-state index contributed by atoms with van der Waals surface area (Å²) in [4.78, 5) is 29.7. The third-order valence-corrected chi connectivity index (χ3v) is 5.53. The highest BCUT2D eigenvalue weighted by molar-refractivity contribution is 8.00. The van der Waals surface area contributed by atoms with Crippen LogP contribution in [0.25, 0.3) is 6.08 Å². The number of carboxylic acids is 1. The number of carboxylic acid groups (broad SMARTS) is 1. The number of aliphatic carboxylic acids is 1. The Morgan fingerprint density at radius 2 is 2.33 bits per heavy atom. The van der Waals surface area contributed by atoms with Crippen LogP contribution in [-0.2, 0) is 9.59 Å². The average Bonchev–Trinajstić information content (AvgIpc) is 2.88. The Bertz CT molecular complexity index is 680. The Morgan fingerprint density at radius 1 is 1.57 bits per heavy atom. The summed E-state index contributed by atoms with van der Waals surface area (Å²) in [5, 5.41) is 10.1. The quantitative estimate of drug-likeness (QED) is 0.807. The summed E-state index contributed by atoms with van der Waals surface area (Å²) >= 11 is 3.02. The molecule has 8 heteroatoms. The first kappa shape index (κ1) is 14.3. The fourth-order valence-corrected chi connectivity index (χ4v) is 4.26. The van der Waals surface area contributed by atoms with Crippen LogP contribution in [0.15, 0.2) is 23.5 Å². The van der Waals surface area contributed by atoms with Gasteiger partial charge in [0.2, 0.25) is 5.91 Å². The normalized spacial score (nSPS) is 25.2. The van der Waals surface area contributed by atoms with Crippen molar-refractivity contribution in [1.29, 1.82) is 0 Å². The lowest BCUT2D eigenvalue weighted by Gasteiger charge is -2.47. The van der Waals surface area contributed by atoms with Crippen LogP contribution < -0.4 is 5.73 Å². The lowest BCUT2D eigenvalue weighted by Crippen LogP contribution is -2.68. The SMILES string of the molecule is Cc1ncc(/C=C\C2=C(C(=O)O)N3C(=O)C(N)[C@@H]3SC2)s1. The second-order valence-corrected chi connectivity index (χ2v) is 7.10. The van der Waals surface area contributed by atoms with Crippen molar-refractivity contribution in [3.05, 3.63) is 33.4 Å². The van der Waals surface area contributed by atoms with E-state index in [4.69, 9.17) is 5.73 Å². The standard InChI is InChI=1S/C13H13N3O3S2/c1-6-15-4-8(21-6)3-2-7-5-20-12-9(14)11(17)16(12)10(7)13(18)19/h2-4,9,12H,5,14H2,1H3,(H,18,19)/b3-2-/t9?,12-/m0/s1. The van der Waals surface area contributed by atoms with E-state index in [9.17, 15) is 14.7 Å². The highest BCUT2D eigenvalue weighted by Gasteiger charge is 2.51. The fourth-order valence-electron chi connectivity index (χ4n) is 2.31. The third kappa shape index (κ3) is 2.39. The van der Waals surface area contributed by atoms with Crippen LogP contribution in [0.1, 0.15) is 9.88 Å². The molecule has 1 saturated heterocycles. The van der Waals surface area contributed by atoms with Gasteiger partial charge in [-0.2, -0.15) is 0 Å². The van der Waals surface area contributed by atoms with E-state index in [1.165, 1.54) is 28.0 Å². The molecule has 0 bridgehead atoms. The summed E-state index contributed by atoms with van der Waals surface area (Å²) in [5.41, 5.74) is 6.36. The van der Waals surface area contributed by atoms with Gasteiger partial charge in [0.15, 0.2) is 0 Å². The molecule has 1 fully saturated rings. The first-order valence-corrected chi connectivity index (χ1v) is 8.13. The molecule has 1 unspecified atom stereocenters. The highest BCUT2D eigenvalue weighted by atomic mass is 32.2. The topological polar surface area (TPSA) is 96.5 Å². The number of hydrogen-bond donors (Lipinski definition) is 2. The van der Waals surface area contributed by atoms with E-state index < -0.39 is 12.0 Å². The molecule has 1 amide bonds. The van der Waals surface area contributed by atoms with Crippen LogP contribution in [0, 0.1) is 6.92 Å². The zero-order chi connectivity index (χ0) is 15.1. The largest absolute Gasteiger partial charge is 0.477 e. The Morgan fingerprint density at radius 3 is 2.95 bits per heavy atom. The van der Waals surface area contributed by atoms with E-state index in [1.807, 2.05) is 13.0 Å². The van der Waals surface area contributed by atoms with Crippen molar-refractivity contribution in [2.75, 3.05) is 5.75 Å². The van der Waals surface area contributed by atoms with E-state index in [0.29, 0.717) is 11.3 Å². The van der Waals surface area contributed by atoms with Crippen molar-refractivity contribution >= 4 is 41.1 Å². The molecular formula is C13H13N3O3S2. The highest BCUT2D eigenvalue weighted by Crippen LogP contribution is 2.39. The van der Waals surface area contributed by atoms with Crippen molar-refractivity contribution in [2.24, 2.45) is 5.73 Å². The predicted octanol–water partition coefficient (Wildman–Crippen LogP) is 1.05. The maximum Gasteiger partial charge on any atom is 0.352 e. The van der Waals surface area contributed by atoms with Gasteiger partial charge in [0.1, 0.15) is 17.1 Å². The second-order valence-electron chi connectivity index (χ2n) is 4.73. The molecule has 2 aliphatic rings. The van der Waals surface area contributed by atoms with E-state index in [1.54, 1.807) is 12.3 Å². The van der Waals surface area contributed by atoms with Gasteiger partial charge in [-0.15, -0.1) is 23.1 Å². The number of rotatable bonds is 3. The van der Waals surface area contributed by atoms with E-state index in [-0.39, 0.29) is 17.0 Å². The smallest absolute Gasteiger partial charge is 0.352 e. The lowest BCUT2D eigenvalue weighted by molar-refractivity contribution is -0.147. The van der Waals surface area contributed by atoms with Gasteiger partial charge in [-0.25, -0.2) is 9.78 Å². The monoisotopic (exact) mass is 323 g/mol. The van der Waals surface area contributed by atoms with Gasteiger partial charge >= 0.3 is 5.97 Å². The number of nitrogens with zero attached hydrogens (tertiary/aromatic N) is 2. The third-order valence-electron chi connectivity index (χ3n) is 3.33. The number of amides is 1. The number of carbonyl (C=O) groups is 2. The molecule has 110 valence electrons. The maximum absolute atomic E-state index is 11.8. The van der Waals surface area contributed by atoms with Crippen LogP contribution in [-0.4, -0.2) is 44.0 Å². The van der Waals surface area contributed by atoms with Gasteiger partial charge in [-0.05, 0) is 18.6 Å². The van der Waals surface area contributed by atoms with Crippen molar-refractivity contribution in [3.8, 4) is 0 Å². The zero-order valence-electron chi connectivity index (χ0n) is 11.1. The average molecular weight is 323 g/mol. The fraction of sp³-hybridized carbons (Fsp3) is 0.308. The molecule has 2 aliphatic heterocycles. The van der Waals surface area contributed by atoms with Crippen LogP contribution in [0.3, 0.4) is 0 Å². The number of aromatic nitrogens is 1. The number of nitrogens with two attached hydrogens (primary N) is 1. The molecule has 3 heterocycles. The molecule has 0 saturated carbocycles. The Kier molecular flexibility index (Phi) is 3.60. The molecule has 0 aliphatic carbocycles. The first-order chi connectivity index (χ1) is 9.99. The number of β-lactam (4-membered cyclic amide) rings is 1. The van der Waals surface area contributed by atoms with E-state index in [2.05, 4.69) is 4.98 Å². The summed E-state index contributed by atoms with van der Waals surface area (Å²) in [6, 6.07) is -0.598. The second kappa shape index (κ2) is 5.28. The summed E-state index contributed by atoms with van der Waals surface area (Å²) in [6.45, 7) is 1.91. The van der Waals surface area contributed by atoms with Gasteiger partial charge in [0, 0.05) is 16.8 Å². The molecule has 2 atom stereocenters. The summed E-state index contributed by atoms with van der Waals surface area (Å²) in [5.74, 6) is -0.900. The molecule has 1 aromatic heterocycles. The van der Waals surface area contributed by atoms with Crippen LogP contribution in [0.2, 0.25) is 0 Å². The number of thioether (sulfide) groups is 1. The van der Waals surface area contributed by atoms with Crippen molar-refractivity contribution in [1.82, 2.24) is 9.88 Å². The minimum atomic E-state index is -1.10. The minimum Gasteiger partial charge on any atom is -0.477 e. The molecule has 21 heavy (non-hydrogen) atoms. The van der Waals surface area contributed by atoms with Crippen LogP contribution in [0.5, 0.6) is 0 Å². The molecule has 1 aromatic rings. The number of allylic oxidation sites excluding steroid dienone is 1. The number of aryl methyl sites for hydroxylation is 1. The number of thiazole rings is 1. The van der Waals surface area contributed by atoms with Crippen LogP contribution >= 0.6 is 23.1 Å². The van der Waals surface area contributed by atoms with E-state index in [0.717, 1.165) is 9.88 Å². The van der Waals surface area contributed by atoms with Gasteiger partial charge in [-0.3, -0.25) is 9.69 Å². The van der Waals surface area contributed by atoms with Crippen molar-refractivity contribution < 1.29 is 14.7 Å². The van der Waals surface area contributed by atoms with Gasteiger partial charge < -0.3 is 10.8 Å². The summed E-state index contributed by atoms with van der Waals surface area (Å²) in [6.07, 6.45) is 5.31. The lowest BCUT2D eigenvalue weighted by atomic mass is 10.0. The first-order valence-electron chi connectivity index (χ1n) is 6.26. The van der Waals surface area contributed by atoms with Crippen LogP contribution in [0.4, 0.5) is 0 Å². The van der Waals surface area contributed by atoms with Gasteiger partial charge in [-0.1, -0.05) is 6.08 Å². The molecule has 0 spiro atoms. The number of hydrogen-bond acceptors (Lipinski definition) is 6. The van der Waals surface area contributed by atoms with Crippen molar-refractivity contribution in [3.63, 3.8) is 0 Å². The Hall–Kier alpha value is -1.64. The van der Waals surface area contributed by atoms with Crippen molar-refractivity contribution in [2.45, 2.75) is 18.3 Å². The molecule has 6 nitrogen and oxygen atoms in total.